The highest BCUT2D eigenvalue weighted by atomic mass is 35.5. The van der Waals surface area contributed by atoms with Crippen LogP contribution in [0.2, 0.25) is 0 Å². The molecular weight excluding hydrogens is 308 g/mol. The van der Waals surface area contributed by atoms with Crippen LogP contribution in [0.1, 0.15) is 25.0 Å². The van der Waals surface area contributed by atoms with Gasteiger partial charge in [-0.15, -0.1) is 12.4 Å². The quantitative estimate of drug-likeness (QED) is 0.805. The highest BCUT2D eigenvalue weighted by Crippen LogP contribution is 2.24. The zero-order valence-corrected chi connectivity index (χ0v) is 14.6. The number of nitrogens with two attached hydrogens (primary N) is 1. The van der Waals surface area contributed by atoms with Crippen molar-refractivity contribution in [3.8, 4) is 0 Å². The molecule has 0 aromatic heterocycles. The number of rotatable bonds is 7. The Hall–Kier alpha value is -0.750. The SMILES string of the molecule is COCC(N)C(=O)Nc1cccc(CSC(C)C)c1C.Cl. The van der Waals surface area contributed by atoms with Crippen molar-refractivity contribution < 1.29 is 9.53 Å². The van der Waals surface area contributed by atoms with E-state index in [0.29, 0.717) is 5.25 Å². The van der Waals surface area contributed by atoms with Crippen LogP contribution in [0.15, 0.2) is 18.2 Å². The van der Waals surface area contributed by atoms with E-state index in [9.17, 15) is 4.79 Å². The molecule has 0 fully saturated rings. The van der Waals surface area contributed by atoms with E-state index >= 15 is 0 Å². The fraction of sp³-hybridized carbons (Fsp3) is 0.533. The lowest BCUT2D eigenvalue weighted by Gasteiger charge is -2.15. The molecule has 1 aromatic carbocycles. The number of carbonyl (C=O) groups excluding carboxylic acids is 1. The first-order valence-electron chi connectivity index (χ1n) is 6.71. The van der Waals surface area contributed by atoms with Crippen molar-refractivity contribution in [1.82, 2.24) is 0 Å². The van der Waals surface area contributed by atoms with E-state index in [4.69, 9.17) is 10.5 Å². The number of benzene rings is 1. The van der Waals surface area contributed by atoms with Gasteiger partial charge < -0.3 is 15.8 Å². The van der Waals surface area contributed by atoms with Crippen LogP contribution in [0.5, 0.6) is 0 Å². The summed E-state index contributed by atoms with van der Waals surface area (Å²) in [5.41, 5.74) is 8.88. The molecule has 0 aliphatic rings. The second kappa shape index (κ2) is 10.1. The maximum Gasteiger partial charge on any atom is 0.243 e. The van der Waals surface area contributed by atoms with Gasteiger partial charge >= 0.3 is 0 Å². The third-order valence-electron chi connectivity index (χ3n) is 2.96. The average Bonchev–Trinajstić information content (AvgIpc) is 2.39. The zero-order chi connectivity index (χ0) is 15.1. The van der Waals surface area contributed by atoms with Gasteiger partial charge in [-0.25, -0.2) is 0 Å². The molecule has 0 spiro atoms. The van der Waals surface area contributed by atoms with Gasteiger partial charge in [-0.2, -0.15) is 11.8 Å². The molecule has 0 saturated carbocycles. The summed E-state index contributed by atoms with van der Waals surface area (Å²) in [5, 5.41) is 3.46. The second-order valence-electron chi connectivity index (χ2n) is 5.00. The summed E-state index contributed by atoms with van der Waals surface area (Å²) in [6.45, 7) is 6.59. The molecule has 0 aliphatic carbocycles. The molecule has 1 atom stereocenters. The molecular formula is C15H25ClN2O2S. The first-order chi connectivity index (χ1) is 9.45. The Morgan fingerprint density at radius 2 is 2.10 bits per heavy atom. The summed E-state index contributed by atoms with van der Waals surface area (Å²) >= 11 is 1.88. The largest absolute Gasteiger partial charge is 0.383 e. The van der Waals surface area contributed by atoms with Gasteiger partial charge in [0, 0.05) is 18.6 Å². The van der Waals surface area contributed by atoms with Gasteiger partial charge in [0.05, 0.1) is 6.61 Å². The smallest absolute Gasteiger partial charge is 0.243 e. The van der Waals surface area contributed by atoms with Crippen LogP contribution in [0.25, 0.3) is 0 Å². The van der Waals surface area contributed by atoms with Crippen LogP contribution < -0.4 is 11.1 Å². The molecule has 0 heterocycles. The summed E-state index contributed by atoms with van der Waals surface area (Å²) in [6, 6.07) is 5.31. The Bertz CT molecular complexity index is 455. The predicted octanol–water partition coefficient (Wildman–Crippen LogP) is 2.97. The van der Waals surface area contributed by atoms with Gasteiger partial charge in [-0.1, -0.05) is 26.0 Å². The minimum absolute atomic E-state index is 0. The van der Waals surface area contributed by atoms with E-state index in [0.717, 1.165) is 17.0 Å². The van der Waals surface area contributed by atoms with Gasteiger partial charge in [0.25, 0.3) is 0 Å². The third-order valence-corrected chi connectivity index (χ3v) is 4.10. The van der Waals surface area contributed by atoms with Crippen LogP contribution in [-0.2, 0) is 15.3 Å². The number of ether oxygens (including phenoxy) is 1. The predicted molar refractivity (Wildman–Crippen MR) is 93.3 cm³/mol. The van der Waals surface area contributed by atoms with Crippen LogP contribution in [-0.4, -0.2) is 30.9 Å². The summed E-state index contributed by atoms with van der Waals surface area (Å²) in [4.78, 5) is 11.9. The van der Waals surface area contributed by atoms with E-state index in [-0.39, 0.29) is 24.9 Å². The summed E-state index contributed by atoms with van der Waals surface area (Å²) < 4.78 is 4.89. The number of carbonyl (C=O) groups is 1. The molecule has 0 bridgehead atoms. The van der Waals surface area contributed by atoms with Crippen molar-refractivity contribution in [2.75, 3.05) is 19.0 Å². The highest BCUT2D eigenvalue weighted by Gasteiger charge is 2.14. The number of anilines is 1. The molecule has 1 amide bonds. The molecule has 21 heavy (non-hydrogen) atoms. The van der Waals surface area contributed by atoms with Crippen molar-refractivity contribution in [3.05, 3.63) is 29.3 Å². The number of methoxy groups -OCH3 is 1. The Balaban J connectivity index is 0.00000400. The zero-order valence-electron chi connectivity index (χ0n) is 13.0. The third kappa shape index (κ3) is 6.70. The Morgan fingerprint density at radius 3 is 2.67 bits per heavy atom. The minimum atomic E-state index is -0.645. The molecule has 3 N–H and O–H groups in total. The second-order valence-corrected chi connectivity index (χ2v) is 6.57. The number of amides is 1. The van der Waals surface area contributed by atoms with Crippen LogP contribution in [0, 0.1) is 6.92 Å². The molecule has 6 heteroatoms. The lowest BCUT2D eigenvalue weighted by atomic mass is 10.1. The van der Waals surface area contributed by atoms with Crippen molar-refractivity contribution in [3.63, 3.8) is 0 Å². The number of halogens is 1. The molecule has 120 valence electrons. The van der Waals surface area contributed by atoms with E-state index in [1.54, 1.807) is 0 Å². The molecule has 0 saturated heterocycles. The maximum absolute atomic E-state index is 11.9. The van der Waals surface area contributed by atoms with Crippen LogP contribution >= 0.6 is 24.2 Å². The van der Waals surface area contributed by atoms with Crippen LogP contribution in [0.4, 0.5) is 5.69 Å². The summed E-state index contributed by atoms with van der Waals surface area (Å²) in [5.74, 6) is 0.723. The number of hydrogen-bond donors (Lipinski definition) is 2. The first-order valence-corrected chi connectivity index (χ1v) is 7.76. The van der Waals surface area contributed by atoms with E-state index in [1.165, 1.54) is 12.7 Å². The minimum Gasteiger partial charge on any atom is -0.383 e. The molecule has 4 nitrogen and oxygen atoms in total. The first kappa shape index (κ1) is 20.2. The van der Waals surface area contributed by atoms with E-state index < -0.39 is 6.04 Å². The molecule has 0 aliphatic heterocycles. The van der Waals surface area contributed by atoms with Crippen molar-refractivity contribution in [2.24, 2.45) is 5.73 Å². The van der Waals surface area contributed by atoms with Gasteiger partial charge in [-0.05, 0) is 29.4 Å². The fourth-order valence-corrected chi connectivity index (χ4v) is 2.54. The van der Waals surface area contributed by atoms with Crippen molar-refractivity contribution in [2.45, 2.75) is 37.8 Å². The molecule has 1 rings (SSSR count). The van der Waals surface area contributed by atoms with Gasteiger partial charge in [0.15, 0.2) is 0 Å². The lowest BCUT2D eigenvalue weighted by molar-refractivity contribution is -0.118. The molecule has 1 unspecified atom stereocenters. The fourth-order valence-electron chi connectivity index (χ4n) is 1.71. The molecule has 0 radical (unpaired) electrons. The van der Waals surface area contributed by atoms with Gasteiger partial charge in [-0.3, -0.25) is 4.79 Å². The standard InChI is InChI=1S/C15H24N2O2S.ClH/c1-10(2)20-9-12-6-5-7-14(11(12)3)17-15(18)13(16)8-19-4;/h5-7,10,13H,8-9,16H2,1-4H3,(H,17,18);1H. The van der Waals surface area contributed by atoms with Crippen molar-refractivity contribution in [1.29, 1.82) is 0 Å². The van der Waals surface area contributed by atoms with Crippen molar-refractivity contribution >= 4 is 35.8 Å². The number of hydrogen-bond acceptors (Lipinski definition) is 4. The molecule has 1 aromatic rings. The number of nitrogens with one attached hydrogen (secondary N) is 1. The van der Waals surface area contributed by atoms with E-state index in [2.05, 4.69) is 25.2 Å². The summed E-state index contributed by atoms with van der Waals surface area (Å²) in [7, 11) is 1.53. The van der Waals surface area contributed by atoms with E-state index in [1.807, 2.05) is 30.8 Å². The topological polar surface area (TPSA) is 64.3 Å². The monoisotopic (exact) mass is 332 g/mol. The highest BCUT2D eigenvalue weighted by molar-refractivity contribution is 7.99. The normalized spacial score (nSPS) is 11.9. The maximum atomic E-state index is 11.9. The van der Waals surface area contributed by atoms with Gasteiger partial charge in [0.1, 0.15) is 6.04 Å². The average molecular weight is 333 g/mol. The van der Waals surface area contributed by atoms with Gasteiger partial charge in [0.2, 0.25) is 5.91 Å². The Labute approximate surface area is 137 Å². The Morgan fingerprint density at radius 1 is 1.43 bits per heavy atom. The number of thioether (sulfide) groups is 1. The summed E-state index contributed by atoms with van der Waals surface area (Å²) in [6.07, 6.45) is 0. The Kier molecular flexibility index (Phi) is 9.70. The lowest BCUT2D eigenvalue weighted by Crippen LogP contribution is -2.39. The van der Waals surface area contributed by atoms with Crippen LogP contribution in [0.3, 0.4) is 0 Å².